The van der Waals surface area contributed by atoms with Gasteiger partial charge in [0.15, 0.2) is 0 Å². The van der Waals surface area contributed by atoms with E-state index in [1.54, 1.807) is 0 Å². The Morgan fingerprint density at radius 3 is 0.529 bits per heavy atom. The largest absolute Gasteiger partial charge is 0.481 e. The second-order valence-electron chi connectivity index (χ2n) is 2.08. The first-order chi connectivity index (χ1) is 6.93. The second-order valence-corrected chi connectivity index (χ2v) is 2.08. The van der Waals surface area contributed by atoms with Crippen molar-refractivity contribution in [2.75, 3.05) is 0 Å². The van der Waals surface area contributed by atoms with Crippen LogP contribution in [0, 0.1) is 0 Å². The van der Waals surface area contributed by atoms with Crippen LogP contribution in [-0.2, 0) is 39.3 Å². The Morgan fingerprint density at radius 1 is 0.529 bits per heavy atom. The summed E-state index contributed by atoms with van der Waals surface area (Å²) < 4.78 is 0. The quantitative estimate of drug-likeness (QED) is 0.494. The van der Waals surface area contributed by atoms with Crippen molar-refractivity contribution in [1.82, 2.24) is 0 Å². The first-order valence-corrected chi connectivity index (χ1v) is 3.71. The molecule has 0 aliphatic carbocycles. The molecule has 103 valence electrons. The number of carbonyl (C=O) groups is 4. The SMILES string of the molecule is CC(=O)O.CC(=O)O.CC(=O)O.CC(=O)O.[Tc]. The van der Waals surface area contributed by atoms with Crippen molar-refractivity contribution in [2.24, 2.45) is 0 Å². The molecule has 0 fully saturated rings. The van der Waals surface area contributed by atoms with Gasteiger partial charge in [-0.25, -0.2) is 0 Å². The summed E-state index contributed by atoms with van der Waals surface area (Å²) in [5, 5.41) is 29.7. The zero-order chi connectivity index (χ0) is 14.3. The number of hydrogen-bond donors (Lipinski definition) is 4. The van der Waals surface area contributed by atoms with Crippen molar-refractivity contribution in [3.63, 3.8) is 0 Å². The number of rotatable bonds is 0. The summed E-state index contributed by atoms with van der Waals surface area (Å²) in [5.41, 5.74) is 0. The third-order valence-corrected chi connectivity index (χ3v) is 0. The number of carboxylic acid groups (broad SMARTS) is 4. The van der Waals surface area contributed by atoms with E-state index in [0.29, 0.717) is 0 Å². The Hall–Kier alpha value is -1.47. The molecule has 0 unspecified atom stereocenters. The molecule has 0 rings (SSSR count). The Bertz CT molecular complexity index is 162. The van der Waals surface area contributed by atoms with Gasteiger partial charge in [-0.15, -0.1) is 0 Å². The maximum Gasteiger partial charge on any atom is 0.300 e. The molecule has 8 nitrogen and oxygen atoms in total. The summed E-state index contributed by atoms with van der Waals surface area (Å²) in [4.78, 5) is 36.0. The van der Waals surface area contributed by atoms with Crippen molar-refractivity contribution in [3.05, 3.63) is 0 Å². The molecule has 0 heterocycles. The topological polar surface area (TPSA) is 149 Å². The molecule has 17 heavy (non-hydrogen) atoms. The second kappa shape index (κ2) is 24.0. The van der Waals surface area contributed by atoms with Gasteiger partial charge >= 0.3 is 0 Å². The molecule has 1 radical (unpaired) electrons. The van der Waals surface area contributed by atoms with Gasteiger partial charge in [0.25, 0.3) is 23.9 Å². The molecule has 0 amide bonds. The summed E-state index contributed by atoms with van der Waals surface area (Å²) in [6, 6.07) is 0. The van der Waals surface area contributed by atoms with E-state index in [2.05, 4.69) is 0 Å². The number of aliphatic carboxylic acids is 4. The van der Waals surface area contributed by atoms with Crippen molar-refractivity contribution in [2.45, 2.75) is 27.7 Å². The Labute approximate surface area is 112 Å². The van der Waals surface area contributed by atoms with Crippen LogP contribution in [0.1, 0.15) is 27.7 Å². The van der Waals surface area contributed by atoms with Gasteiger partial charge in [0, 0.05) is 47.8 Å². The van der Waals surface area contributed by atoms with Gasteiger partial charge in [-0.1, -0.05) is 0 Å². The standard InChI is InChI=1S/4C2H4O2.Tc/c4*1-2(3)4;/h4*1H3,(H,3,4);. The van der Waals surface area contributed by atoms with Gasteiger partial charge in [0.05, 0.1) is 0 Å². The fourth-order valence-corrected chi connectivity index (χ4v) is 0. The molecular weight excluding hydrogens is 322 g/mol. The van der Waals surface area contributed by atoms with Gasteiger partial charge < -0.3 is 20.4 Å². The summed E-state index contributed by atoms with van der Waals surface area (Å²) >= 11 is 0. The number of hydrogen-bond acceptors (Lipinski definition) is 4. The smallest absolute Gasteiger partial charge is 0.300 e. The van der Waals surface area contributed by atoms with Crippen molar-refractivity contribution >= 4 is 23.9 Å². The first-order valence-electron chi connectivity index (χ1n) is 3.71. The Morgan fingerprint density at radius 2 is 0.529 bits per heavy atom. The van der Waals surface area contributed by atoms with E-state index in [9.17, 15) is 0 Å². The molecule has 0 aromatic rings. The molecule has 0 atom stereocenters. The van der Waals surface area contributed by atoms with Crippen LogP contribution >= 0.6 is 0 Å². The van der Waals surface area contributed by atoms with Crippen LogP contribution in [0.5, 0.6) is 0 Å². The van der Waals surface area contributed by atoms with Crippen molar-refractivity contribution in [3.8, 4) is 0 Å². The predicted molar refractivity (Wildman–Crippen MR) is 53.2 cm³/mol. The monoisotopic (exact) mass is 337 g/mol. The normalized spacial score (nSPS) is 5.88. The third kappa shape index (κ3) is 1050. The van der Waals surface area contributed by atoms with Crippen LogP contribution in [-0.4, -0.2) is 44.3 Å². The minimum absolute atomic E-state index is 0. The van der Waals surface area contributed by atoms with E-state index >= 15 is 0 Å². The minimum Gasteiger partial charge on any atom is -0.481 e. The molecule has 0 aliphatic heterocycles. The van der Waals surface area contributed by atoms with Gasteiger partial charge in [0.2, 0.25) is 0 Å². The van der Waals surface area contributed by atoms with Crippen molar-refractivity contribution < 1.29 is 59.7 Å². The fraction of sp³-hybridized carbons (Fsp3) is 0.500. The first kappa shape index (κ1) is 29.6. The molecule has 4 N–H and O–H groups in total. The summed E-state index contributed by atoms with van der Waals surface area (Å²) in [6.45, 7) is 4.33. The van der Waals surface area contributed by atoms with E-state index in [1.807, 2.05) is 0 Å². The molecule has 0 aliphatic rings. The molecule has 0 aromatic carbocycles. The molecular formula is C8H16O8Tc. The maximum absolute atomic E-state index is 9.00. The molecule has 0 spiro atoms. The zero-order valence-electron chi connectivity index (χ0n) is 9.80. The minimum atomic E-state index is -0.833. The Balaban J connectivity index is -0.0000000369. The average molecular weight is 338 g/mol. The van der Waals surface area contributed by atoms with E-state index in [0.717, 1.165) is 27.7 Å². The fourth-order valence-electron chi connectivity index (χ4n) is 0. The van der Waals surface area contributed by atoms with Gasteiger partial charge in [-0.05, 0) is 0 Å². The molecule has 0 saturated heterocycles. The van der Waals surface area contributed by atoms with Crippen molar-refractivity contribution in [1.29, 1.82) is 0 Å². The van der Waals surface area contributed by atoms with Crippen LogP contribution in [0.2, 0.25) is 0 Å². The van der Waals surface area contributed by atoms with Gasteiger partial charge in [-0.3, -0.25) is 19.2 Å². The van der Waals surface area contributed by atoms with Gasteiger partial charge in [-0.2, -0.15) is 0 Å². The van der Waals surface area contributed by atoms with Crippen LogP contribution in [0.15, 0.2) is 0 Å². The Kier molecular flexibility index (Phi) is 41.7. The van der Waals surface area contributed by atoms with E-state index in [1.165, 1.54) is 0 Å². The third-order valence-electron chi connectivity index (χ3n) is 0. The maximum atomic E-state index is 9.00. The van der Waals surface area contributed by atoms with Crippen LogP contribution < -0.4 is 0 Å². The molecule has 9 heteroatoms. The van der Waals surface area contributed by atoms with Crippen LogP contribution in [0.25, 0.3) is 0 Å². The average Bonchev–Trinajstić information content (AvgIpc) is 1.76. The van der Waals surface area contributed by atoms with Crippen LogP contribution in [0.4, 0.5) is 0 Å². The van der Waals surface area contributed by atoms with E-state index in [4.69, 9.17) is 39.6 Å². The summed E-state index contributed by atoms with van der Waals surface area (Å²) in [6.07, 6.45) is 0. The summed E-state index contributed by atoms with van der Waals surface area (Å²) in [7, 11) is 0. The zero-order valence-corrected chi connectivity index (χ0v) is 11.7. The predicted octanol–water partition coefficient (Wildman–Crippen LogP) is 0.361. The van der Waals surface area contributed by atoms with Crippen LogP contribution in [0.3, 0.4) is 0 Å². The molecule has 0 aromatic heterocycles. The summed E-state index contributed by atoms with van der Waals surface area (Å²) in [5.74, 6) is -3.33. The molecule has 0 bridgehead atoms. The molecule has 0 saturated carbocycles. The van der Waals surface area contributed by atoms with E-state index < -0.39 is 23.9 Å². The van der Waals surface area contributed by atoms with Gasteiger partial charge in [0.1, 0.15) is 0 Å². The number of carboxylic acids is 4. The van der Waals surface area contributed by atoms with E-state index in [-0.39, 0.29) is 20.1 Å².